The minimum Gasteiger partial charge on any atom is -0.357 e. The molecule has 0 aliphatic carbocycles. The molecule has 8 heteroatoms. The molecule has 2 rings (SSSR count). The van der Waals surface area contributed by atoms with Crippen LogP contribution < -0.4 is 10.6 Å². The first-order valence-electron chi connectivity index (χ1n) is 8.39. The maximum Gasteiger partial charge on any atom is 0.191 e. The summed E-state index contributed by atoms with van der Waals surface area (Å²) in [6.07, 6.45) is 0.643. The van der Waals surface area contributed by atoms with Crippen LogP contribution in [0.1, 0.15) is 27.2 Å². The number of guanidine groups is 1. The summed E-state index contributed by atoms with van der Waals surface area (Å²) >= 11 is 5.23. The number of nitrogens with zero attached hydrogens (tertiary/aromatic N) is 1. The van der Waals surface area contributed by atoms with Crippen LogP contribution in [-0.2, 0) is 9.84 Å². The summed E-state index contributed by atoms with van der Waals surface area (Å²) in [6, 6.07) is 8.20. The number of aliphatic imine (C=N–C) groups is 1. The second-order valence-corrected chi connectivity index (χ2v) is 11.7. The van der Waals surface area contributed by atoms with Crippen LogP contribution in [0.15, 0.2) is 38.6 Å². The normalized spacial score (nSPS) is 20.5. The Morgan fingerprint density at radius 1 is 1.36 bits per heavy atom. The van der Waals surface area contributed by atoms with Gasteiger partial charge in [-0.15, -0.1) is 11.8 Å². The van der Waals surface area contributed by atoms with E-state index in [1.807, 2.05) is 19.1 Å². The molecule has 25 heavy (non-hydrogen) atoms. The zero-order valence-corrected chi connectivity index (χ0v) is 18.1. The lowest BCUT2D eigenvalue weighted by atomic mass is 10.2. The quantitative estimate of drug-likeness (QED) is 0.398. The van der Waals surface area contributed by atoms with E-state index in [0.717, 1.165) is 11.0 Å². The Bertz CT molecular complexity index is 703. The minimum absolute atomic E-state index is 0.0509. The minimum atomic E-state index is -2.90. The molecule has 1 heterocycles. The molecule has 0 radical (unpaired) electrons. The molecule has 1 unspecified atom stereocenters. The molecule has 0 amide bonds. The maximum atomic E-state index is 11.6. The van der Waals surface area contributed by atoms with E-state index in [2.05, 4.69) is 57.5 Å². The van der Waals surface area contributed by atoms with Crippen LogP contribution in [-0.4, -0.2) is 49.8 Å². The van der Waals surface area contributed by atoms with Crippen LogP contribution >= 0.6 is 27.7 Å². The molecule has 1 atom stereocenters. The van der Waals surface area contributed by atoms with Gasteiger partial charge < -0.3 is 10.6 Å². The average Bonchev–Trinajstić information content (AvgIpc) is 2.86. The Morgan fingerprint density at radius 3 is 2.60 bits per heavy atom. The molecule has 140 valence electrons. The number of benzene rings is 1. The van der Waals surface area contributed by atoms with Crippen molar-refractivity contribution in [3.8, 4) is 0 Å². The summed E-state index contributed by atoms with van der Waals surface area (Å²) < 4.78 is 24.2. The van der Waals surface area contributed by atoms with Crippen LogP contribution in [0.2, 0.25) is 0 Å². The van der Waals surface area contributed by atoms with Crippen molar-refractivity contribution in [3.05, 3.63) is 28.7 Å². The van der Waals surface area contributed by atoms with Crippen molar-refractivity contribution in [3.63, 3.8) is 0 Å². The van der Waals surface area contributed by atoms with Gasteiger partial charge >= 0.3 is 0 Å². The lowest BCUT2D eigenvalue weighted by molar-refractivity contribution is 0.599. The highest BCUT2D eigenvalue weighted by molar-refractivity contribution is 9.10. The van der Waals surface area contributed by atoms with Gasteiger partial charge in [-0.3, -0.25) is 4.99 Å². The lowest BCUT2D eigenvalue weighted by Gasteiger charge is -2.23. The average molecular weight is 448 g/mol. The van der Waals surface area contributed by atoms with Crippen molar-refractivity contribution in [1.82, 2.24) is 10.6 Å². The van der Waals surface area contributed by atoms with E-state index in [9.17, 15) is 8.42 Å². The molecule has 1 saturated heterocycles. The van der Waals surface area contributed by atoms with Gasteiger partial charge in [-0.25, -0.2) is 8.42 Å². The highest BCUT2D eigenvalue weighted by Crippen LogP contribution is 2.33. The zero-order chi connectivity index (χ0) is 18.5. The van der Waals surface area contributed by atoms with Gasteiger partial charge in [-0.2, -0.15) is 0 Å². The molecule has 2 N–H and O–H groups in total. The highest BCUT2D eigenvalue weighted by atomic mass is 79.9. The van der Waals surface area contributed by atoms with E-state index in [0.29, 0.717) is 18.9 Å². The third-order valence-electron chi connectivity index (χ3n) is 3.74. The van der Waals surface area contributed by atoms with Crippen molar-refractivity contribution in [2.45, 2.75) is 42.9 Å². The van der Waals surface area contributed by atoms with E-state index >= 15 is 0 Å². The standard InChI is InChI=1S/C17H26BrN3O2S2/c1-4-19-16(21-14-9-10-25(22,23)11-14)20-12-17(2,3)24-15-7-5-13(18)6-8-15/h5-8,14H,4,9-12H2,1-3H3,(H2,19,20,21). The maximum absolute atomic E-state index is 11.6. The van der Waals surface area contributed by atoms with E-state index in [1.54, 1.807) is 11.8 Å². The number of sulfone groups is 1. The predicted molar refractivity (Wildman–Crippen MR) is 110 cm³/mol. The first kappa shape index (κ1) is 20.6. The first-order valence-corrected chi connectivity index (χ1v) is 11.8. The second-order valence-electron chi connectivity index (χ2n) is 6.76. The summed E-state index contributed by atoms with van der Waals surface area (Å²) in [5.41, 5.74) is 0. The van der Waals surface area contributed by atoms with E-state index in [-0.39, 0.29) is 22.3 Å². The fraction of sp³-hybridized carbons (Fsp3) is 0.588. The smallest absolute Gasteiger partial charge is 0.191 e. The molecule has 0 aromatic heterocycles. The second kappa shape index (κ2) is 8.77. The van der Waals surface area contributed by atoms with Gasteiger partial charge in [0.2, 0.25) is 0 Å². The van der Waals surface area contributed by atoms with Crippen molar-refractivity contribution in [2.24, 2.45) is 4.99 Å². The predicted octanol–water partition coefficient (Wildman–Crippen LogP) is 3.06. The molecule has 0 bridgehead atoms. The number of hydrogen-bond acceptors (Lipinski definition) is 4. The Morgan fingerprint density at radius 2 is 2.04 bits per heavy atom. The first-order chi connectivity index (χ1) is 11.7. The van der Waals surface area contributed by atoms with E-state index < -0.39 is 9.84 Å². The van der Waals surface area contributed by atoms with Gasteiger partial charge in [0.1, 0.15) is 0 Å². The van der Waals surface area contributed by atoms with Gasteiger partial charge in [0.25, 0.3) is 0 Å². The van der Waals surface area contributed by atoms with Gasteiger partial charge in [-0.1, -0.05) is 15.9 Å². The van der Waals surface area contributed by atoms with Crippen LogP contribution in [0.5, 0.6) is 0 Å². The molecular weight excluding hydrogens is 422 g/mol. The number of rotatable bonds is 6. The Hall–Kier alpha value is -0.730. The number of nitrogens with one attached hydrogen (secondary N) is 2. The Labute approximate surface area is 163 Å². The van der Waals surface area contributed by atoms with Gasteiger partial charge in [0.15, 0.2) is 15.8 Å². The van der Waals surface area contributed by atoms with Crippen molar-refractivity contribution < 1.29 is 8.42 Å². The monoisotopic (exact) mass is 447 g/mol. The molecule has 1 aromatic carbocycles. The topological polar surface area (TPSA) is 70.6 Å². The molecular formula is C17H26BrN3O2S2. The Kier molecular flexibility index (Phi) is 7.22. The SMILES string of the molecule is CCNC(=NCC(C)(C)Sc1ccc(Br)cc1)NC1CCS(=O)(=O)C1. The summed E-state index contributed by atoms with van der Waals surface area (Å²) in [7, 11) is -2.90. The largest absolute Gasteiger partial charge is 0.357 e. The molecule has 5 nitrogen and oxygen atoms in total. The zero-order valence-electron chi connectivity index (χ0n) is 14.9. The number of thioether (sulfide) groups is 1. The summed E-state index contributed by atoms with van der Waals surface area (Å²) in [5, 5.41) is 6.47. The van der Waals surface area contributed by atoms with Crippen LogP contribution in [0, 0.1) is 0 Å². The van der Waals surface area contributed by atoms with Crippen LogP contribution in [0.25, 0.3) is 0 Å². The number of hydrogen-bond donors (Lipinski definition) is 2. The summed E-state index contributed by atoms with van der Waals surface area (Å²) in [5.74, 6) is 1.14. The molecule has 1 aliphatic rings. The van der Waals surface area contributed by atoms with Crippen LogP contribution in [0.3, 0.4) is 0 Å². The van der Waals surface area contributed by atoms with Gasteiger partial charge in [0.05, 0.1) is 18.1 Å². The van der Waals surface area contributed by atoms with Gasteiger partial charge in [0, 0.05) is 26.7 Å². The van der Waals surface area contributed by atoms with Crippen molar-refractivity contribution >= 4 is 43.5 Å². The van der Waals surface area contributed by atoms with E-state index in [4.69, 9.17) is 0 Å². The Balaban J connectivity index is 1.97. The highest BCUT2D eigenvalue weighted by Gasteiger charge is 2.28. The fourth-order valence-electron chi connectivity index (χ4n) is 2.55. The molecule has 0 spiro atoms. The van der Waals surface area contributed by atoms with Crippen LogP contribution in [0.4, 0.5) is 0 Å². The molecule has 1 aliphatic heterocycles. The third kappa shape index (κ3) is 7.19. The van der Waals surface area contributed by atoms with Gasteiger partial charge in [-0.05, 0) is 51.5 Å². The summed E-state index contributed by atoms with van der Waals surface area (Å²) in [4.78, 5) is 5.88. The lowest BCUT2D eigenvalue weighted by Crippen LogP contribution is -2.44. The molecule has 1 aromatic rings. The summed E-state index contributed by atoms with van der Waals surface area (Å²) in [6.45, 7) is 7.69. The fourth-order valence-corrected chi connectivity index (χ4v) is 5.52. The molecule has 1 fully saturated rings. The van der Waals surface area contributed by atoms with Crippen molar-refractivity contribution in [1.29, 1.82) is 0 Å². The molecule has 0 saturated carbocycles. The third-order valence-corrected chi connectivity index (χ3v) is 7.23. The number of halogens is 1. The van der Waals surface area contributed by atoms with Crippen molar-refractivity contribution in [2.75, 3.05) is 24.6 Å². The van der Waals surface area contributed by atoms with E-state index in [1.165, 1.54) is 4.90 Å².